The van der Waals surface area contributed by atoms with Gasteiger partial charge in [0, 0.05) is 11.5 Å². The predicted octanol–water partition coefficient (Wildman–Crippen LogP) is 7.03. The van der Waals surface area contributed by atoms with E-state index in [-0.39, 0.29) is 12.1 Å². The Bertz CT molecular complexity index is 881. The summed E-state index contributed by atoms with van der Waals surface area (Å²) >= 11 is 1.58. The standard InChI is InChI=1S/C25H34O4PS/c1-3-28-24(26)25(29-4-2,17-20-10-6-5-7-11-20)18-30(27)19-31-23-15-14-21-12-8-9-13-22(21)16-23/h8-9,12-16,20H,3-7,10-11,17-19H2,1-2H3/q+1. The minimum Gasteiger partial charge on any atom is -0.464 e. The number of esters is 1. The van der Waals surface area contributed by atoms with E-state index in [4.69, 9.17) is 9.47 Å². The second kappa shape index (κ2) is 12.0. The molecule has 31 heavy (non-hydrogen) atoms. The predicted molar refractivity (Wildman–Crippen MR) is 129 cm³/mol. The molecule has 0 radical (unpaired) electrons. The lowest BCUT2D eigenvalue weighted by Crippen LogP contribution is -2.47. The SMILES string of the molecule is CCOC(=O)C(CC1CCCCC1)(C[P+](=O)CSc1ccc2ccccc2c1)OCC. The van der Waals surface area contributed by atoms with Crippen molar-refractivity contribution in [1.29, 1.82) is 0 Å². The number of carbonyl (C=O) groups is 1. The Morgan fingerprint density at radius 2 is 1.81 bits per heavy atom. The molecule has 168 valence electrons. The first-order valence-corrected chi connectivity index (χ1v) is 14.0. The Morgan fingerprint density at radius 1 is 1.06 bits per heavy atom. The summed E-state index contributed by atoms with van der Waals surface area (Å²) in [5, 5.41) is 2.37. The van der Waals surface area contributed by atoms with Crippen LogP contribution in [0.1, 0.15) is 52.4 Å². The van der Waals surface area contributed by atoms with Gasteiger partial charge in [-0.1, -0.05) is 78.8 Å². The van der Waals surface area contributed by atoms with Crippen molar-refractivity contribution in [3.63, 3.8) is 0 Å². The largest absolute Gasteiger partial charge is 0.464 e. The van der Waals surface area contributed by atoms with Crippen molar-refractivity contribution < 1.29 is 18.8 Å². The molecule has 0 amide bonds. The first kappa shape index (κ1) is 24.2. The van der Waals surface area contributed by atoms with Crippen LogP contribution in [0.3, 0.4) is 0 Å². The number of ether oxygens (including phenoxy) is 2. The summed E-state index contributed by atoms with van der Waals surface area (Å²) in [6.45, 7) is 4.42. The zero-order valence-electron chi connectivity index (χ0n) is 18.7. The third-order valence-electron chi connectivity index (χ3n) is 5.94. The van der Waals surface area contributed by atoms with Gasteiger partial charge >= 0.3 is 13.8 Å². The van der Waals surface area contributed by atoms with Crippen molar-refractivity contribution in [3.05, 3.63) is 42.5 Å². The van der Waals surface area contributed by atoms with E-state index in [2.05, 4.69) is 30.3 Å². The van der Waals surface area contributed by atoms with E-state index < -0.39 is 13.4 Å². The minimum absolute atomic E-state index is 0.228. The maximum absolute atomic E-state index is 13.2. The molecule has 2 aromatic rings. The number of carbonyl (C=O) groups excluding carboxylic acids is 1. The number of rotatable bonds is 11. The Balaban J connectivity index is 1.69. The summed E-state index contributed by atoms with van der Waals surface area (Å²) in [5.74, 6) is 0.0859. The fourth-order valence-corrected chi connectivity index (χ4v) is 7.34. The zero-order valence-corrected chi connectivity index (χ0v) is 20.4. The Morgan fingerprint density at radius 3 is 2.52 bits per heavy atom. The van der Waals surface area contributed by atoms with Gasteiger partial charge in [-0.2, -0.15) is 0 Å². The third kappa shape index (κ3) is 6.78. The summed E-state index contributed by atoms with van der Waals surface area (Å²) < 4.78 is 24.6. The average Bonchev–Trinajstić information content (AvgIpc) is 2.78. The van der Waals surface area contributed by atoms with Crippen LogP contribution in [-0.2, 0) is 18.8 Å². The van der Waals surface area contributed by atoms with Gasteiger partial charge in [0.15, 0.2) is 11.7 Å². The van der Waals surface area contributed by atoms with E-state index in [0.29, 0.717) is 31.0 Å². The molecule has 4 nitrogen and oxygen atoms in total. The summed E-state index contributed by atoms with van der Waals surface area (Å²) in [7, 11) is -1.63. The van der Waals surface area contributed by atoms with Crippen LogP contribution in [0.5, 0.6) is 0 Å². The lowest BCUT2D eigenvalue weighted by atomic mass is 9.81. The van der Waals surface area contributed by atoms with Crippen molar-refractivity contribution in [1.82, 2.24) is 0 Å². The fraction of sp³-hybridized carbons (Fsp3) is 0.560. The van der Waals surface area contributed by atoms with Crippen LogP contribution in [0.15, 0.2) is 47.4 Å². The molecule has 1 fully saturated rings. The molecule has 1 aliphatic carbocycles. The number of fused-ring (bicyclic) bond motifs is 1. The van der Waals surface area contributed by atoms with Gasteiger partial charge in [0.1, 0.15) is 0 Å². The first-order valence-electron chi connectivity index (χ1n) is 11.4. The lowest BCUT2D eigenvalue weighted by Gasteiger charge is -2.33. The number of hydrogen-bond acceptors (Lipinski definition) is 5. The van der Waals surface area contributed by atoms with Crippen LogP contribution in [0.4, 0.5) is 0 Å². The summed E-state index contributed by atoms with van der Waals surface area (Å²) in [6, 6.07) is 14.5. The molecular weight excluding hydrogens is 427 g/mol. The molecule has 2 aromatic carbocycles. The second-order valence-electron chi connectivity index (χ2n) is 8.28. The summed E-state index contributed by atoms with van der Waals surface area (Å²) in [6.07, 6.45) is 6.70. The van der Waals surface area contributed by atoms with E-state index in [1.165, 1.54) is 30.0 Å². The molecule has 0 saturated heterocycles. The molecule has 1 aliphatic rings. The van der Waals surface area contributed by atoms with Crippen LogP contribution in [0.2, 0.25) is 0 Å². The Hall–Kier alpha value is -1.42. The van der Waals surface area contributed by atoms with Crippen molar-refractivity contribution in [2.24, 2.45) is 5.92 Å². The van der Waals surface area contributed by atoms with Crippen LogP contribution in [0, 0.1) is 5.92 Å². The zero-order chi connectivity index (χ0) is 22.1. The highest BCUT2D eigenvalue weighted by molar-refractivity contribution is 8.03. The molecule has 3 rings (SSSR count). The lowest BCUT2D eigenvalue weighted by molar-refractivity contribution is -0.171. The van der Waals surface area contributed by atoms with Gasteiger partial charge < -0.3 is 9.47 Å². The number of benzene rings is 2. The minimum atomic E-state index is -1.63. The van der Waals surface area contributed by atoms with Gasteiger partial charge in [0.05, 0.1) is 6.61 Å². The Kier molecular flexibility index (Phi) is 9.37. The fourth-order valence-electron chi connectivity index (χ4n) is 4.51. The highest BCUT2D eigenvalue weighted by Gasteiger charge is 2.49. The van der Waals surface area contributed by atoms with Crippen molar-refractivity contribution in [2.45, 2.75) is 62.9 Å². The molecule has 2 unspecified atom stereocenters. The van der Waals surface area contributed by atoms with E-state index in [1.807, 2.05) is 26.0 Å². The summed E-state index contributed by atoms with van der Waals surface area (Å²) in [5.41, 5.74) is -0.628. The van der Waals surface area contributed by atoms with Gasteiger partial charge in [-0.15, -0.1) is 0 Å². The molecule has 0 N–H and O–H groups in total. The first-order chi connectivity index (χ1) is 15.1. The maximum atomic E-state index is 13.2. The molecule has 0 aromatic heterocycles. The van der Waals surface area contributed by atoms with Crippen LogP contribution < -0.4 is 0 Å². The van der Waals surface area contributed by atoms with Gasteiger partial charge in [-0.25, -0.2) is 4.79 Å². The highest BCUT2D eigenvalue weighted by Crippen LogP contribution is 2.41. The normalized spacial score (nSPS) is 17.3. The third-order valence-corrected chi connectivity index (χ3v) is 9.06. The van der Waals surface area contributed by atoms with Crippen LogP contribution in [-0.4, -0.2) is 36.4 Å². The van der Waals surface area contributed by atoms with E-state index >= 15 is 0 Å². The van der Waals surface area contributed by atoms with Gasteiger partial charge in [-0.05, 0) is 49.1 Å². The van der Waals surface area contributed by atoms with E-state index in [0.717, 1.165) is 17.7 Å². The van der Waals surface area contributed by atoms with Gasteiger partial charge in [0.2, 0.25) is 5.60 Å². The maximum Gasteiger partial charge on any atom is 0.353 e. The molecule has 0 heterocycles. The molecular formula is C25H34O4PS+. The molecule has 1 saturated carbocycles. The number of thioether (sulfide) groups is 1. The molecule has 0 bridgehead atoms. The van der Waals surface area contributed by atoms with Crippen LogP contribution >= 0.6 is 19.6 Å². The van der Waals surface area contributed by atoms with E-state index in [9.17, 15) is 9.36 Å². The topological polar surface area (TPSA) is 52.6 Å². The molecule has 0 aliphatic heterocycles. The van der Waals surface area contributed by atoms with Crippen LogP contribution in [0.25, 0.3) is 10.8 Å². The van der Waals surface area contributed by atoms with Crippen molar-refractivity contribution >= 4 is 36.3 Å². The summed E-state index contributed by atoms with van der Waals surface area (Å²) in [4.78, 5) is 14.1. The quantitative estimate of drug-likeness (QED) is 0.204. The monoisotopic (exact) mass is 461 g/mol. The molecule has 6 heteroatoms. The van der Waals surface area contributed by atoms with Crippen molar-refractivity contribution in [2.75, 3.05) is 24.9 Å². The smallest absolute Gasteiger partial charge is 0.353 e. The highest BCUT2D eigenvalue weighted by atomic mass is 32.2. The van der Waals surface area contributed by atoms with Gasteiger partial charge in [0.25, 0.3) is 0 Å². The van der Waals surface area contributed by atoms with Gasteiger partial charge in [-0.3, -0.25) is 0 Å². The second-order valence-corrected chi connectivity index (χ2v) is 11.4. The Labute approximate surface area is 191 Å². The van der Waals surface area contributed by atoms with Crippen molar-refractivity contribution in [3.8, 4) is 0 Å². The molecule has 0 spiro atoms. The number of hydrogen-bond donors (Lipinski definition) is 0. The van der Waals surface area contributed by atoms with E-state index in [1.54, 1.807) is 11.8 Å². The molecule has 2 atom stereocenters. The average molecular weight is 462 g/mol.